The monoisotopic (exact) mass is 382 g/mol. The number of esters is 1. The number of ether oxygens (including phenoxy) is 2. The molecule has 0 saturated heterocycles. The maximum absolute atomic E-state index is 13.1. The Hall–Kier alpha value is -2.36. The Balaban J connectivity index is 1.95. The lowest BCUT2D eigenvalue weighted by Gasteiger charge is -2.29. The SMILES string of the molecule is CO[C@](C)(C(=O)OC(C)c1ccccc1CCl)c1cccc2ccccc12. The van der Waals surface area contributed by atoms with Crippen LogP contribution < -0.4 is 0 Å². The van der Waals surface area contributed by atoms with Crippen LogP contribution in [0.15, 0.2) is 66.7 Å². The molecule has 2 atom stereocenters. The van der Waals surface area contributed by atoms with Crippen LogP contribution in [0.25, 0.3) is 10.8 Å². The van der Waals surface area contributed by atoms with E-state index in [2.05, 4.69) is 0 Å². The first-order valence-electron chi connectivity index (χ1n) is 8.89. The van der Waals surface area contributed by atoms with Gasteiger partial charge in [0.05, 0.1) is 0 Å². The molecule has 3 aromatic carbocycles. The first-order valence-corrected chi connectivity index (χ1v) is 9.43. The number of halogens is 1. The van der Waals surface area contributed by atoms with Crippen molar-refractivity contribution in [3.63, 3.8) is 0 Å². The minimum Gasteiger partial charge on any atom is -0.455 e. The van der Waals surface area contributed by atoms with Gasteiger partial charge in [-0.25, -0.2) is 4.79 Å². The summed E-state index contributed by atoms with van der Waals surface area (Å²) in [4.78, 5) is 13.1. The number of alkyl halides is 1. The Morgan fingerprint density at radius 1 is 1.04 bits per heavy atom. The van der Waals surface area contributed by atoms with E-state index >= 15 is 0 Å². The highest BCUT2D eigenvalue weighted by atomic mass is 35.5. The molecule has 0 amide bonds. The quantitative estimate of drug-likeness (QED) is 0.402. The van der Waals surface area contributed by atoms with Gasteiger partial charge in [-0.05, 0) is 35.7 Å². The molecule has 3 aromatic rings. The van der Waals surface area contributed by atoms with Gasteiger partial charge in [-0.2, -0.15) is 0 Å². The van der Waals surface area contributed by atoms with Crippen LogP contribution in [-0.2, 0) is 25.7 Å². The summed E-state index contributed by atoms with van der Waals surface area (Å²) in [6.45, 7) is 3.60. The molecule has 0 heterocycles. The smallest absolute Gasteiger partial charge is 0.343 e. The zero-order chi connectivity index (χ0) is 19.4. The van der Waals surface area contributed by atoms with E-state index in [1.807, 2.05) is 73.7 Å². The highest BCUT2D eigenvalue weighted by Gasteiger charge is 2.39. The van der Waals surface area contributed by atoms with Gasteiger partial charge >= 0.3 is 5.97 Å². The normalized spacial score (nSPS) is 14.5. The topological polar surface area (TPSA) is 35.5 Å². The predicted octanol–water partition coefficient (Wildman–Crippen LogP) is 5.74. The van der Waals surface area contributed by atoms with Gasteiger partial charge in [-0.1, -0.05) is 66.7 Å². The lowest BCUT2D eigenvalue weighted by Crippen LogP contribution is -2.37. The van der Waals surface area contributed by atoms with Crippen LogP contribution >= 0.6 is 11.6 Å². The Kier molecular flexibility index (Phi) is 5.83. The van der Waals surface area contributed by atoms with Gasteiger partial charge in [0.15, 0.2) is 5.60 Å². The molecular formula is C23H23ClO3. The fraction of sp³-hybridized carbons (Fsp3) is 0.261. The Morgan fingerprint density at radius 3 is 2.44 bits per heavy atom. The fourth-order valence-corrected chi connectivity index (χ4v) is 3.58. The molecule has 3 rings (SSSR count). The van der Waals surface area contributed by atoms with Crippen molar-refractivity contribution < 1.29 is 14.3 Å². The second-order valence-electron chi connectivity index (χ2n) is 6.64. The summed E-state index contributed by atoms with van der Waals surface area (Å²) in [5.74, 6) is -0.0682. The summed E-state index contributed by atoms with van der Waals surface area (Å²) in [5, 5.41) is 2.02. The van der Waals surface area contributed by atoms with Crippen LogP contribution in [0.2, 0.25) is 0 Å². The molecule has 0 spiro atoms. The number of benzene rings is 3. The van der Waals surface area contributed by atoms with Crippen LogP contribution in [0, 0.1) is 0 Å². The van der Waals surface area contributed by atoms with Crippen LogP contribution in [0.5, 0.6) is 0 Å². The van der Waals surface area contributed by atoms with Gasteiger partial charge < -0.3 is 9.47 Å². The number of rotatable bonds is 6. The molecule has 0 bridgehead atoms. The molecular weight excluding hydrogens is 360 g/mol. The van der Waals surface area contributed by atoms with E-state index in [1.165, 1.54) is 7.11 Å². The second-order valence-corrected chi connectivity index (χ2v) is 6.91. The maximum Gasteiger partial charge on any atom is 0.343 e. The van der Waals surface area contributed by atoms with Gasteiger partial charge in [0.25, 0.3) is 0 Å². The predicted molar refractivity (Wildman–Crippen MR) is 109 cm³/mol. The van der Waals surface area contributed by atoms with Crippen molar-refractivity contribution in [3.05, 3.63) is 83.4 Å². The number of carbonyl (C=O) groups excluding carboxylic acids is 1. The third-order valence-corrected chi connectivity index (χ3v) is 5.31. The van der Waals surface area contributed by atoms with Crippen molar-refractivity contribution in [1.82, 2.24) is 0 Å². The third kappa shape index (κ3) is 3.71. The van der Waals surface area contributed by atoms with E-state index in [0.717, 1.165) is 27.5 Å². The molecule has 4 heteroatoms. The lowest BCUT2D eigenvalue weighted by molar-refractivity contribution is -0.173. The molecule has 0 fully saturated rings. The summed E-state index contributed by atoms with van der Waals surface area (Å²) in [7, 11) is 1.53. The fourth-order valence-electron chi connectivity index (χ4n) is 3.33. The maximum atomic E-state index is 13.1. The van der Waals surface area contributed by atoms with Gasteiger partial charge in [0.1, 0.15) is 6.10 Å². The van der Waals surface area contributed by atoms with Crippen molar-refractivity contribution in [3.8, 4) is 0 Å². The van der Waals surface area contributed by atoms with Gasteiger partial charge in [0, 0.05) is 18.6 Å². The average Bonchev–Trinajstić information content (AvgIpc) is 2.72. The highest BCUT2D eigenvalue weighted by Crippen LogP contribution is 2.34. The van der Waals surface area contributed by atoms with Crippen LogP contribution in [0.4, 0.5) is 0 Å². The van der Waals surface area contributed by atoms with Crippen LogP contribution in [0.1, 0.15) is 36.6 Å². The van der Waals surface area contributed by atoms with Crippen LogP contribution in [-0.4, -0.2) is 13.1 Å². The Morgan fingerprint density at radius 2 is 1.70 bits per heavy atom. The standard InChI is InChI=1S/C23H23ClO3/c1-16(19-12-6-5-10-18(19)15-24)27-22(25)23(2,26-3)21-14-8-11-17-9-4-7-13-20(17)21/h4-14,16H,15H2,1-3H3/t16?,23-/m0/s1. The molecule has 0 N–H and O–H groups in total. The number of hydrogen-bond acceptors (Lipinski definition) is 3. The Bertz CT molecular complexity index is 948. The van der Waals surface area contributed by atoms with E-state index in [4.69, 9.17) is 21.1 Å². The molecule has 27 heavy (non-hydrogen) atoms. The van der Waals surface area contributed by atoms with E-state index in [9.17, 15) is 4.79 Å². The molecule has 0 radical (unpaired) electrons. The molecule has 0 saturated carbocycles. The zero-order valence-electron chi connectivity index (χ0n) is 15.7. The molecule has 3 nitrogen and oxygen atoms in total. The average molecular weight is 383 g/mol. The van der Waals surface area contributed by atoms with Crippen molar-refractivity contribution in [2.45, 2.75) is 31.4 Å². The second kappa shape index (κ2) is 8.12. The van der Waals surface area contributed by atoms with Crippen molar-refractivity contribution >= 4 is 28.3 Å². The molecule has 140 valence electrons. The first kappa shape index (κ1) is 19.4. The molecule has 0 aromatic heterocycles. The largest absolute Gasteiger partial charge is 0.455 e. The number of carbonyl (C=O) groups is 1. The number of methoxy groups -OCH3 is 1. The van der Waals surface area contributed by atoms with Crippen molar-refractivity contribution in [2.24, 2.45) is 0 Å². The van der Waals surface area contributed by atoms with Crippen molar-refractivity contribution in [1.29, 1.82) is 0 Å². The summed E-state index contributed by atoms with van der Waals surface area (Å²) in [5.41, 5.74) is 1.41. The van der Waals surface area contributed by atoms with Gasteiger partial charge in [-0.15, -0.1) is 11.6 Å². The lowest BCUT2D eigenvalue weighted by atomic mass is 9.90. The molecule has 0 aliphatic rings. The highest BCUT2D eigenvalue weighted by molar-refractivity contribution is 6.17. The minimum atomic E-state index is -1.22. The number of fused-ring (bicyclic) bond motifs is 1. The van der Waals surface area contributed by atoms with Gasteiger partial charge in [0.2, 0.25) is 0 Å². The zero-order valence-corrected chi connectivity index (χ0v) is 16.5. The first-order chi connectivity index (χ1) is 13.0. The van der Waals surface area contributed by atoms with E-state index in [1.54, 1.807) is 6.92 Å². The van der Waals surface area contributed by atoms with E-state index in [0.29, 0.717) is 5.88 Å². The summed E-state index contributed by atoms with van der Waals surface area (Å²) < 4.78 is 11.5. The summed E-state index contributed by atoms with van der Waals surface area (Å²) in [6, 6.07) is 21.5. The summed E-state index contributed by atoms with van der Waals surface area (Å²) >= 11 is 6.03. The molecule has 0 aliphatic heterocycles. The summed E-state index contributed by atoms with van der Waals surface area (Å²) in [6.07, 6.45) is -0.433. The van der Waals surface area contributed by atoms with E-state index < -0.39 is 17.7 Å². The van der Waals surface area contributed by atoms with Gasteiger partial charge in [-0.3, -0.25) is 0 Å². The van der Waals surface area contributed by atoms with E-state index in [-0.39, 0.29) is 0 Å². The number of hydrogen-bond donors (Lipinski definition) is 0. The molecule has 1 unspecified atom stereocenters. The minimum absolute atomic E-state index is 0.364. The third-order valence-electron chi connectivity index (χ3n) is 5.02. The van der Waals surface area contributed by atoms with Crippen molar-refractivity contribution in [2.75, 3.05) is 7.11 Å². The Labute approximate surface area is 164 Å². The molecule has 0 aliphatic carbocycles. The van der Waals surface area contributed by atoms with Crippen LogP contribution in [0.3, 0.4) is 0 Å².